The van der Waals surface area contributed by atoms with Gasteiger partial charge in [-0.25, -0.2) is 0 Å². The highest BCUT2D eigenvalue weighted by atomic mass is 32.2. The van der Waals surface area contributed by atoms with Gasteiger partial charge in [-0.2, -0.15) is 0 Å². The Morgan fingerprint density at radius 2 is 2.17 bits per heavy atom. The van der Waals surface area contributed by atoms with Crippen molar-refractivity contribution in [2.45, 2.75) is 18.9 Å². The molecule has 1 aliphatic heterocycles. The van der Waals surface area contributed by atoms with E-state index in [1.165, 1.54) is 0 Å². The Balaban J connectivity index is 2.01. The monoisotopic (exact) mass is 267 g/mol. The summed E-state index contributed by atoms with van der Waals surface area (Å²) < 4.78 is 11.2. The van der Waals surface area contributed by atoms with E-state index in [0.717, 1.165) is 18.5 Å². The second kappa shape index (κ2) is 5.95. The number of rotatable bonds is 3. The van der Waals surface area contributed by atoms with Gasteiger partial charge in [0.05, 0.1) is 5.56 Å². The average Bonchev–Trinajstić information content (AvgIpc) is 2.41. The topological polar surface area (TPSA) is 71.1 Å². The third-order valence-corrected chi connectivity index (χ3v) is 4.44. The van der Waals surface area contributed by atoms with Crippen molar-refractivity contribution in [1.82, 2.24) is 10.3 Å². The summed E-state index contributed by atoms with van der Waals surface area (Å²) in [5.41, 5.74) is 1.31. The van der Waals surface area contributed by atoms with Gasteiger partial charge in [-0.15, -0.1) is 0 Å². The Labute approximate surface area is 109 Å². The molecule has 0 saturated carbocycles. The number of carbonyl (C=O) groups is 1. The van der Waals surface area contributed by atoms with Crippen molar-refractivity contribution >= 4 is 22.4 Å². The number of anilines is 1. The summed E-state index contributed by atoms with van der Waals surface area (Å²) >= 11 is 0. The zero-order valence-corrected chi connectivity index (χ0v) is 11.1. The number of aromatic nitrogens is 1. The quantitative estimate of drug-likeness (QED) is 0.848. The fraction of sp³-hybridized carbons (Fsp3) is 0.500. The summed E-state index contributed by atoms with van der Waals surface area (Å²) in [6.45, 7) is 0. The van der Waals surface area contributed by atoms with Crippen LogP contribution in [0, 0.1) is 0 Å². The number of amides is 1. The predicted octanol–water partition coefficient (Wildman–Crippen LogP) is 0.764. The van der Waals surface area contributed by atoms with Gasteiger partial charge in [-0.1, -0.05) is 0 Å². The van der Waals surface area contributed by atoms with Crippen LogP contribution in [-0.2, 0) is 10.8 Å². The first-order valence-electron chi connectivity index (χ1n) is 5.98. The third kappa shape index (κ3) is 3.07. The lowest BCUT2D eigenvalue weighted by Crippen LogP contribution is -2.39. The van der Waals surface area contributed by atoms with Crippen LogP contribution in [0.5, 0.6) is 0 Å². The molecule has 1 aliphatic rings. The Hall–Kier alpha value is -1.43. The summed E-state index contributed by atoms with van der Waals surface area (Å²) in [6, 6.07) is 1.89. The molecule has 2 rings (SSSR count). The van der Waals surface area contributed by atoms with Crippen LogP contribution in [0.1, 0.15) is 23.2 Å². The van der Waals surface area contributed by atoms with Crippen molar-refractivity contribution in [3.8, 4) is 0 Å². The normalized spacial score (nSPS) is 23.4. The van der Waals surface area contributed by atoms with E-state index in [0.29, 0.717) is 17.1 Å². The maximum atomic E-state index is 12.1. The average molecular weight is 267 g/mol. The lowest BCUT2D eigenvalue weighted by atomic mass is 10.1. The van der Waals surface area contributed by atoms with Crippen LogP contribution in [0.3, 0.4) is 0 Å². The third-order valence-electron chi connectivity index (χ3n) is 3.06. The maximum Gasteiger partial charge on any atom is 0.255 e. The van der Waals surface area contributed by atoms with Crippen LogP contribution < -0.4 is 10.6 Å². The van der Waals surface area contributed by atoms with Crippen molar-refractivity contribution in [2.75, 3.05) is 23.9 Å². The minimum absolute atomic E-state index is 0.120. The fourth-order valence-corrected chi connectivity index (χ4v) is 3.29. The van der Waals surface area contributed by atoms with E-state index in [1.807, 2.05) is 0 Å². The van der Waals surface area contributed by atoms with Gasteiger partial charge in [0.15, 0.2) is 0 Å². The molecule has 0 aliphatic carbocycles. The second-order valence-corrected chi connectivity index (χ2v) is 5.96. The van der Waals surface area contributed by atoms with Gasteiger partial charge in [0.1, 0.15) is 0 Å². The molecule has 0 atom stereocenters. The number of hydrogen-bond acceptors (Lipinski definition) is 4. The zero-order chi connectivity index (χ0) is 13.0. The molecule has 0 aromatic carbocycles. The first kappa shape index (κ1) is 13.0. The highest BCUT2D eigenvalue weighted by Crippen LogP contribution is 2.14. The zero-order valence-electron chi connectivity index (χ0n) is 10.3. The smallest absolute Gasteiger partial charge is 0.255 e. The molecule has 0 bridgehead atoms. The van der Waals surface area contributed by atoms with E-state index in [9.17, 15) is 9.00 Å². The van der Waals surface area contributed by atoms with E-state index in [2.05, 4.69) is 15.6 Å². The Bertz CT molecular complexity index is 454. The second-order valence-electron chi connectivity index (χ2n) is 4.27. The van der Waals surface area contributed by atoms with Gasteiger partial charge in [-0.3, -0.25) is 14.0 Å². The summed E-state index contributed by atoms with van der Waals surface area (Å²) in [5, 5.41) is 5.95. The predicted molar refractivity (Wildman–Crippen MR) is 72.1 cm³/mol. The van der Waals surface area contributed by atoms with E-state index < -0.39 is 10.8 Å². The van der Waals surface area contributed by atoms with Crippen molar-refractivity contribution in [1.29, 1.82) is 0 Å². The van der Waals surface area contributed by atoms with Gasteiger partial charge >= 0.3 is 0 Å². The molecule has 18 heavy (non-hydrogen) atoms. The van der Waals surface area contributed by atoms with E-state index in [-0.39, 0.29) is 11.9 Å². The molecule has 2 N–H and O–H groups in total. The van der Waals surface area contributed by atoms with Crippen LogP contribution in [0.15, 0.2) is 18.5 Å². The van der Waals surface area contributed by atoms with Gasteiger partial charge in [0.25, 0.3) is 5.91 Å². The molecular formula is C12H17N3O2S. The van der Waals surface area contributed by atoms with Crippen molar-refractivity contribution in [3.05, 3.63) is 24.0 Å². The molecular weight excluding hydrogens is 250 g/mol. The van der Waals surface area contributed by atoms with Gasteiger partial charge in [0.2, 0.25) is 0 Å². The molecule has 0 unspecified atom stereocenters. The van der Waals surface area contributed by atoms with Crippen LogP contribution >= 0.6 is 0 Å². The standard InChI is InChI=1S/C12H17N3O2S/c1-13-11-2-5-14-8-10(11)12(16)15-9-3-6-18(17)7-4-9/h2,5,8-9H,3-4,6-7H2,1H3,(H,13,14)(H,15,16). The Kier molecular flexibility index (Phi) is 4.30. The SMILES string of the molecule is CNc1ccncc1C(=O)NC1CCS(=O)CC1. The van der Waals surface area contributed by atoms with Crippen molar-refractivity contribution in [3.63, 3.8) is 0 Å². The van der Waals surface area contributed by atoms with E-state index in [1.54, 1.807) is 25.5 Å². The van der Waals surface area contributed by atoms with Gasteiger partial charge < -0.3 is 10.6 Å². The molecule has 5 nitrogen and oxygen atoms in total. The molecule has 98 valence electrons. The Morgan fingerprint density at radius 3 is 2.83 bits per heavy atom. The summed E-state index contributed by atoms with van der Waals surface area (Å²) in [6.07, 6.45) is 4.77. The van der Waals surface area contributed by atoms with Gasteiger partial charge in [0, 0.05) is 53.5 Å². The lowest BCUT2D eigenvalue weighted by molar-refractivity contribution is 0.0935. The summed E-state index contributed by atoms with van der Waals surface area (Å²) in [5.74, 6) is 1.23. The van der Waals surface area contributed by atoms with Crippen LogP contribution in [0.25, 0.3) is 0 Å². The van der Waals surface area contributed by atoms with Crippen molar-refractivity contribution < 1.29 is 9.00 Å². The van der Waals surface area contributed by atoms with Crippen LogP contribution in [0.4, 0.5) is 5.69 Å². The van der Waals surface area contributed by atoms with E-state index >= 15 is 0 Å². The maximum absolute atomic E-state index is 12.1. The van der Waals surface area contributed by atoms with Crippen LogP contribution in [0.2, 0.25) is 0 Å². The highest BCUT2D eigenvalue weighted by Gasteiger charge is 2.21. The highest BCUT2D eigenvalue weighted by molar-refractivity contribution is 7.85. The molecule has 1 aromatic rings. The minimum atomic E-state index is -0.702. The lowest BCUT2D eigenvalue weighted by Gasteiger charge is -2.22. The summed E-state index contributed by atoms with van der Waals surface area (Å²) in [7, 11) is 1.07. The first-order valence-corrected chi connectivity index (χ1v) is 7.47. The molecule has 2 heterocycles. The molecule has 0 spiro atoms. The molecule has 1 aromatic heterocycles. The number of nitrogens with zero attached hydrogens (tertiary/aromatic N) is 1. The molecule has 1 amide bonds. The van der Waals surface area contributed by atoms with E-state index in [4.69, 9.17) is 0 Å². The first-order chi connectivity index (χ1) is 8.70. The number of hydrogen-bond donors (Lipinski definition) is 2. The molecule has 1 saturated heterocycles. The molecule has 0 radical (unpaired) electrons. The van der Waals surface area contributed by atoms with Crippen molar-refractivity contribution in [2.24, 2.45) is 0 Å². The number of carbonyl (C=O) groups excluding carboxylic acids is 1. The minimum Gasteiger partial charge on any atom is -0.387 e. The number of nitrogens with one attached hydrogen (secondary N) is 2. The van der Waals surface area contributed by atoms with Gasteiger partial charge in [-0.05, 0) is 18.9 Å². The van der Waals surface area contributed by atoms with Crippen LogP contribution in [-0.4, -0.2) is 39.7 Å². The number of pyridine rings is 1. The summed E-state index contributed by atoms with van der Waals surface area (Å²) in [4.78, 5) is 16.1. The largest absolute Gasteiger partial charge is 0.387 e. The fourth-order valence-electron chi connectivity index (χ4n) is 1.99. The Morgan fingerprint density at radius 1 is 1.44 bits per heavy atom. The molecule has 1 fully saturated rings. The molecule has 6 heteroatoms.